The third kappa shape index (κ3) is 4.21. The summed E-state index contributed by atoms with van der Waals surface area (Å²) in [7, 11) is 0. The average Bonchev–Trinajstić information content (AvgIpc) is 2.40. The van der Waals surface area contributed by atoms with Crippen molar-refractivity contribution in [2.24, 2.45) is 10.7 Å². The van der Waals surface area contributed by atoms with Crippen molar-refractivity contribution in [3.8, 4) is 0 Å². The number of rotatable bonds is 3. The highest BCUT2D eigenvalue weighted by Gasteiger charge is 2.13. The monoisotopic (exact) mass is 282 g/mol. The molecule has 19 heavy (non-hydrogen) atoms. The van der Waals surface area contributed by atoms with Gasteiger partial charge in [0.05, 0.1) is 11.0 Å². The first kappa shape index (κ1) is 15.4. The van der Waals surface area contributed by atoms with Gasteiger partial charge >= 0.3 is 0 Å². The van der Waals surface area contributed by atoms with E-state index in [2.05, 4.69) is 4.99 Å². The van der Waals surface area contributed by atoms with E-state index in [9.17, 15) is 10.1 Å². The van der Waals surface area contributed by atoms with E-state index in [1.54, 1.807) is 12.1 Å². The molecule has 0 amide bonds. The summed E-state index contributed by atoms with van der Waals surface area (Å²) in [5, 5.41) is 10.5. The summed E-state index contributed by atoms with van der Waals surface area (Å²) in [6.07, 6.45) is 5.88. The number of nitrogens with two attached hydrogens (primary N) is 1. The molecular formula is C13H17ClN3O2-. The molecule has 2 N–H and O–H groups in total. The fourth-order valence-corrected chi connectivity index (χ4v) is 2.24. The Morgan fingerprint density at radius 3 is 2.32 bits per heavy atom. The van der Waals surface area contributed by atoms with Crippen LogP contribution < -0.4 is 18.1 Å². The number of non-ortho nitro benzene ring substituents is 1. The van der Waals surface area contributed by atoms with Crippen LogP contribution in [0.2, 0.25) is 0 Å². The zero-order valence-corrected chi connectivity index (χ0v) is 11.3. The average molecular weight is 283 g/mol. The Balaban J connectivity index is 0.00000180. The predicted octanol–water partition coefficient (Wildman–Crippen LogP) is -0.363. The second kappa shape index (κ2) is 7.09. The molecule has 5 nitrogen and oxygen atoms in total. The number of benzene rings is 1. The third-order valence-corrected chi connectivity index (χ3v) is 3.27. The van der Waals surface area contributed by atoms with Crippen molar-refractivity contribution < 1.29 is 17.3 Å². The van der Waals surface area contributed by atoms with Crippen LogP contribution in [-0.4, -0.2) is 16.8 Å². The number of hydrogen-bond donors (Lipinski definition) is 1. The Kier molecular flexibility index (Phi) is 5.76. The van der Waals surface area contributed by atoms with Crippen LogP contribution in [0.25, 0.3) is 0 Å². The number of amidine groups is 1. The van der Waals surface area contributed by atoms with Crippen LogP contribution in [0.1, 0.15) is 37.7 Å². The minimum absolute atomic E-state index is 0. The van der Waals surface area contributed by atoms with E-state index in [4.69, 9.17) is 5.73 Å². The highest BCUT2D eigenvalue weighted by atomic mass is 35.5. The number of nitrogens with zero attached hydrogens (tertiary/aromatic N) is 2. The molecule has 0 aliphatic heterocycles. The largest absolute Gasteiger partial charge is 1.00 e. The van der Waals surface area contributed by atoms with Crippen molar-refractivity contribution in [1.29, 1.82) is 0 Å². The van der Waals surface area contributed by atoms with Gasteiger partial charge in [0.25, 0.3) is 5.69 Å². The van der Waals surface area contributed by atoms with Gasteiger partial charge in [-0.3, -0.25) is 15.1 Å². The van der Waals surface area contributed by atoms with Crippen molar-refractivity contribution in [3.63, 3.8) is 0 Å². The predicted molar refractivity (Wildman–Crippen MR) is 70.7 cm³/mol. The van der Waals surface area contributed by atoms with Crippen LogP contribution in [0.15, 0.2) is 29.3 Å². The highest BCUT2D eigenvalue weighted by Crippen LogP contribution is 2.21. The highest BCUT2D eigenvalue weighted by molar-refractivity contribution is 5.97. The first-order valence-corrected chi connectivity index (χ1v) is 6.25. The molecule has 1 fully saturated rings. The number of hydrogen-bond acceptors (Lipinski definition) is 3. The molecule has 6 heteroatoms. The van der Waals surface area contributed by atoms with Crippen molar-refractivity contribution in [3.05, 3.63) is 39.9 Å². The quantitative estimate of drug-likeness (QED) is 0.356. The lowest BCUT2D eigenvalue weighted by atomic mass is 9.96. The smallest absolute Gasteiger partial charge is 0.269 e. The summed E-state index contributed by atoms with van der Waals surface area (Å²) in [5.74, 6) is 0.483. The van der Waals surface area contributed by atoms with Gasteiger partial charge in [-0.15, -0.1) is 0 Å². The van der Waals surface area contributed by atoms with Gasteiger partial charge in [0.15, 0.2) is 0 Å². The van der Waals surface area contributed by atoms with Crippen LogP contribution in [-0.2, 0) is 0 Å². The summed E-state index contributed by atoms with van der Waals surface area (Å²) >= 11 is 0. The van der Waals surface area contributed by atoms with E-state index in [0.717, 1.165) is 18.4 Å². The van der Waals surface area contributed by atoms with Crippen molar-refractivity contribution >= 4 is 11.5 Å². The van der Waals surface area contributed by atoms with E-state index in [-0.39, 0.29) is 18.1 Å². The number of aliphatic imine (C=N–C) groups is 1. The van der Waals surface area contributed by atoms with Gasteiger partial charge < -0.3 is 18.1 Å². The molecule has 1 aromatic rings. The second-order valence-electron chi connectivity index (χ2n) is 4.61. The van der Waals surface area contributed by atoms with Crippen molar-refractivity contribution in [2.75, 3.05) is 0 Å². The van der Waals surface area contributed by atoms with Gasteiger partial charge in [0.1, 0.15) is 5.84 Å². The molecule has 0 heterocycles. The molecule has 0 spiro atoms. The van der Waals surface area contributed by atoms with Crippen LogP contribution in [0, 0.1) is 10.1 Å². The molecule has 0 atom stereocenters. The maximum atomic E-state index is 10.5. The second-order valence-corrected chi connectivity index (χ2v) is 4.61. The lowest BCUT2D eigenvalue weighted by molar-refractivity contribution is -0.384. The number of nitro groups is 1. The SMILES string of the molecule is NC(=NC1CCCCC1)c1ccc([N+](=O)[O-])cc1.[Cl-]. The zero-order chi connectivity index (χ0) is 13.0. The van der Waals surface area contributed by atoms with Crippen molar-refractivity contribution in [2.45, 2.75) is 38.1 Å². The maximum absolute atomic E-state index is 10.5. The molecule has 104 valence electrons. The van der Waals surface area contributed by atoms with Crippen LogP contribution in [0.3, 0.4) is 0 Å². The Morgan fingerprint density at radius 2 is 1.79 bits per heavy atom. The zero-order valence-electron chi connectivity index (χ0n) is 10.6. The molecule has 1 aliphatic carbocycles. The van der Waals surface area contributed by atoms with Gasteiger partial charge in [-0.1, -0.05) is 19.3 Å². The summed E-state index contributed by atoms with van der Waals surface area (Å²) in [5.41, 5.74) is 6.76. The van der Waals surface area contributed by atoms with E-state index < -0.39 is 4.92 Å². The summed E-state index contributed by atoms with van der Waals surface area (Å²) in [6.45, 7) is 0. The van der Waals surface area contributed by atoms with E-state index >= 15 is 0 Å². The van der Waals surface area contributed by atoms with Gasteiger partial charge in [-0.05, 0) is 25.0 Å². The van der Waals surface area contributed by atoms with E-state index in [1.807, 2.05) is 0 Å². The van der Waals surface area contributed by atoms with Gasteiger partial charge in [-0.25, -0.2) is 0 Å². The summed E-state index contributed by atoms with van der Waals surface area (Å²) in [4.78, 5) is 14.6. The molecule has 1 aromatic carbocycles. The molecule has 2 rings (SSSR count). The van der Waals surface area contributed by atoms with Crippen molar-refractivity contribution in [1.82, 2.24) is 0 Å². The summed E-state index contributed by atoms with van der Waals surface area (Å²) in [6, 6.07) is 6.53. The molecule has 0 radical (unpaired) electrons. The fourth-order valence-electron chi connectivity index (χ4n) is 2.24. The first-order chi connectivity index (χ1) is 8.66. The number of nitro benzene ring substituents is 1. The molecule has 0 bridgehead atoms. The van der Waals surface area contributed by atoms with E-state index in [1.165, 1.54) is 31.4 Å². The topological polar surface area (TPSA) is 81.5 Å². The molecular weight excluding hydrogens is 266 g/mol. The van der Waals surface area contributed by atoms with Crippen LogP contribution in [0.4, 0.5) is 5.69 Å². The lowest BCUT2D eigenvalue weighted by Crippen LogP contribution is -3.00. The lowest BCUT2D eigenvalue weighted by Gasteiger charge is -2.18. The maximum Gasteiger partial charge on any atom is 0.269 e. The summed E-state index contributed by atoms with van der Waals surface area (Å²) < 4.78 is 0. The van der Waals surface area contributed by atoms with Gasteiger partial charge in [-0.2, -0.15) is 0 Å². The Labute approximate surface area is 118 Å². The van der Waals surface area contributed by atoms with E-state index in [0.29, 0.717) is 11.9 Å². The molecule has 0 aromatic heterocycles. The van der Waals surface area contributed by atoms with Crippen LogP contribution >= 0.6 is 0 Å². The molecule has 0 saturated heterocycles. The normalized spacial score (nSPS) is 16.7. The third-order valence-electron chi connectivity index (χ3n) is 3.27. The number of halogens is 1. The minimum Gasteiger partial charge on any atom is -1.00 e. The Hall–Kier alpha value is -1.62. The fraction of sp³-hybridized carbons (Fsp3) is 0.462. The molecule has 1 saturated carbocycles. The van der Waals surface area contributed by atoms with Gasteiger partial charge in [0.2, 0.25) is 0 Å². The van der Waals surface area contributed by atoms with Gasteiger partial charge in [0, 0.05) is 17.7 Å². The Morgan fingerprint density at radius 1 is 1.21 bits per heavy atom. The molecule has 1 aliphatic rings. The minimum atomic E-state index is -0.418. The first-order valence-electron chi connectivity index (χ1n) is 6.25. The Bertz CT molecular complexity index is 453. The standard InChI is InChI=1S/C13H17N3O2.ClH/c14-13(15-11-4-2-1-3-5-11)10-6-8-12(9-7-10)16(17)18;/h6-9,11H,1-5H2,(H2,14,15);1H/p-1. The van der Waals surface area contributed by atoms with Crippen LogP contribution in [0.5, 0.6) is 0 Å². The molecule has 0 unspecified atom stereocenters.